The standard InChI is InChI=1S/C14H19N5O/c1-9-12(10(2)19(3)18-9)8-17-14(20)13-5-4-11(6-15)7-16-13/h4-5,7H,6,8,15H2,1-3H3,(H,17,20). The van der Waals surface area contributed by atoms with Gasteiger partial charge in [-0.2, -0.15) is 5.10 Å². The molecule has 0 aliphatic carbocycles. The van der Waals surface area contributed by atoms with E-state index in [1.165, 1.54) is 0 Å². The molecule has 2 rings (SSSR count). The lowest BCUT2D eigenvalue weighted by Crippen LogP contribution is -2.24. The Hall–Kier alpha value is -2.21. The number of carbonyl (C=O) groups excluding carboxylic acids is 1. The summed E-state index contributed by atoms with van der Waals surface area (Å²) in [6.07, 6.45) is 1.62. The molecule has 0 aliphatic heterocycles. The molecular weight excluding hydrogens is 254 g/mol. The fraction of sp³-hybridized carbons (Fsp3) is 0.357. The van der Waals surface area contributed by atoms with Crippen LogP contribution < -0.4 is 11.1 Å². The average molecular weight is 273 g/mol. The lowest BCUT2D eigenvalue weighted by Gasteiger charge is -2.06. The minimum atomic E-state index is -0.198. The summed E-state index contributed by atoms with van der Waals surface area (Å²) < 4.78 is 1.81. The minimum Gasteiger partial charge on any atom is -0.346 e. The molecule has 0 aliphatic rings. The van der Waals surface area contributed by atoms with E-state index in [0.717, 1.165) is 22.5 Å². The van der Waals surface area contributed by atoms with Gasteiger partial charge in [0.1, 0.15) is 5.69 Å². The number of hydrogen-bond donors (Lipinski definition) is 2. The summed E-state index contributed by atoms with van der Waals surface area (Å²) in [6.45, 7) is 4.78. The van der Waals surface area contributed by atoms with Gasteiger partial charge in [-0.25, -0.2) is 0 Å². The van der Waals surface area contributed by atoms with E-state index in [1.54, 1.807) is 12.3 Å². The molecule has 2 aromatic rings. The Morgan fingerprint density at radius 2 is 2.15 bits per heavy atom. The number of carbonyl (C=O) groups is 1. The van der Waals surface area contributed by atoms with E-state index in [-0.39, 0.29) is 5.91 Å². The summed E-state index contributed by atoms with van der Waals surface area (Å²) in [4.78, 5) is 16.1. The molecule has 0 atom stereocenters. The normalized spacial score (nSPS) is 10.6. The Kier molecular flexibility index (Phi) is 4.14. The number of nitrogens with zero attached hydrogens (tertiary/aromatic N) is 3. The van der Waals surface area contributed by atoms with E-state index < -0.39 is 0 Å². The maximum atomic E-state index is 12.0. The van der Waals surface area contributed by atoms with Crippen molar-refractivity contribution in [3.8, 4) is 0 Å². The predicted molar refractivity (Wildman–Crippen MR) is 76.0 cm³/mol. The fourth-order valence-electron chi connectivity index (χ4n) is 2.01. The number of hydrogen-bond acceptors (Lipinski definition) is 4. The zero-order chi connectivity index (χ0) is 14.7. The monoisotopic (exact) mass is 273 g/mol. The van der Waals surface area contributed by atoms with Crippen molar-refractivity contribution in [2.24, 2.45) is 12.8 Å². The SMILES string of the molecule is Cc1nn(C)c(C)c1CNC(=O)c1ccc(CN)cn1. The van der Waals surface area contributed by atoms with Crippen LogP contribution in [0.2, 0.25) is 0 Å². The van der Waals surface area contributed by atoms with Gasteiger partial charge in [0.15, 0.2) is 0 Å². The molecule has 0 fully saturated rings. The number of nitrogens with two attached hydrogens (primary N) is 1. The molecule has 6 nitrogen and oxygen atoms in total. The molecule has 6 heteroatoms. The molecule has 106 valence electrons. The van der Waals surface area contributed by atoms with Crippen LogP contribution in [-0.4, -0.2) is 20.7 Å². The van der Waals surface area contributed by atoms with Crippen LogP contribution in [-0.2, 0) is 20.1 Å². The van der Waals surface area contributed by atoms with Crippen LogP contribution in [0.3, 0.4) is 0 Å². The van der Waals surface area contributed by atoms with E-state index in [9.17, 15) is 4.79 Å². The first-order valence-electron chi connectivity index (χ1n) is 6.45. The van der Waals surface area contributed by atoms with Crippen molar-refractivity contribution in [2.75, 3.05) is 0 Å². The highest BCUT2D eigenvalue weighted by atomic mass is 16.1. The second kappa shape index (κ2) is 5.83. The van der Waals surface area contributed by atoms with E-state index >= 15 is 0 Å². The summed E-state index contributed by atoms with van der Waals surface area (Å²) in [6, 6.07) is 3.49. The van der Waals surface area contributed by atoms with E-state index in [2.05, 4.69) is 15.4 Å². The van der Waals surface area contributed by atoms with Crippen molar-refractivity contribution in [2.45, 2.75) is 26.9 Å². The van der Waals surface area contributed by atoms with Gasteiger partial charge in [0.25, 0.3) is 5.91 Å². The number of amides is 1. The maximum Gasteiger partial charge on any atom is 0.270 e. The van der Waals surface area contributed by atoms with Crippen molar-refractivity contribution in [1.29, 1.82) is 0 Å². The molecule has 2 heterocycles. The van der Waals surface area contributed by atoms with Gasteiger partial charge in [-0.3, -0.25) is 14.5 Å². The lowest BCUT2D eigenvalue weighted by molar-refractivity contribution is 0.0946. The molecule has 0 spiro atoms. The fourth-order valence-corrected chi connectivity index (χ4v) is 2.01. The van der Waals surface area contributed by atoms with E-state index in [4.69, 9.17) is 5.73 Å². The molecular formula is C14H19N5O. The number of nitrogens with one attached hydrogen (secondary N) is 1. The molecule has 20 heavy (non-hydrogen) atoms. The minimum absolute atomic E-state index is 0.198. The summed E-state index contributed by atoms with van der Waals surface area (Å²) in [5.41, 5.74) is 9.81. The molecule has 2 aromatic heterocycles. The van der Waals surface area contributed by atoms with Gasteiger partial charge in [-0.1, -0.05) is 6.07 Å². The molecule has 0 aromatic carbocycles. The second-order valence-corrected chi connectivity index (χ2v) is 4.71. The quantitative estimate of drug-likeness (QED) is 0.863. The summed E-state index contributed by atoms with van der Waals surface area (Å²) in [5.74, 6) is -0.198. The number of pyridine rings is 1. The Balaban J connectivity index is 2.04. The van der Waals surface area contributed by atoms with Gasteiger partial charge >= 0.3 is 0 Å². The van der Waals surface area contributed by atoms with Crippen LogP contribution in [0, 0.1) is 13.8 Å². The highest BCUT2D eigenvalue weighted by molar-refractivity contribution is 5.92. The van der Waals surface area contributed by atoms with Crippen molar-refractivity contribution in [1.82, 2.24) is 20.1 Å². The highest BCUT2D eigenvalue weighted by Crippen LogP contribution is 2.11. The topological polar surface area (TPSA) is 85.8 Å². The van der Waals surface area contributed by atoms with E-state index in [1.807, 2.05) is 31.6 Å². The molecule has 3 N–H and O–H groups in total. The Bertz CT molecular complexity index is 615. The molecule has 0 unspecified atom stereocenters. The third-order valence-corrected chi connectivity index (χ3v) is 3.38. The first-order chi connectivity index (χ1) is 9.52. The highest BCUT2D eigenvalue weighted by Gasteiger charge is 2.12. The van der Waals surface area contributed by atoms with Crippen molar-refractivity contribution >= 4 is 5.91 Å². The van der Waals surface area contributed by atoms with Gasteiger partial charge in [-0.15, -0.1) is 0 Å². The predicted octanol–water partition coefficient (Wildman–Crippen LogP) is 0.821. The Morgan fingerprint density at radius 3 is 2.65 bits per heavy atom. The maximum absolute atomic E-state index is 12.0. The third kappa shape index (κ3) is 2.85. The molecule has 0 radical (unpaired) electrons. The van der Waals surface area contributed by atoms with Crippen LogP contribution in [0.25, 0.3) is 0 Å². The molecule has 0 saturated carbocycles. The Labute approximate surface area is 118 Å². The van der Waals surface area contributed by atoms with Crippen LogP contribution in [0.15, 0.2) is 18.3 Å². The Morgan fingerprint density at radius 1 is 1.40 bits per heavy atom. The third-order valence-electron chi connectivity index (χ3n) is 3.38. The summed E-state index contributed by atoms with van der Waals surface area (Å²) in [7, 11) is 1.89. The molecule has 0 bridgehead atoms. The lowest BCUT2D eigenvalue weighted by atomic mass is 10.2. The van der Waals surface area contributed by atoms with Gasteiger partial charge in [0.05, 0.1) is 5.69 Å². The van der Waals surface area contributed by atoms with Crippen LogP contribution in [0.1, 0.15) is 33.0 Å². The van der Waals surface area contributed by atoms with Crippen molar-refractivity contribution in [3.63, 3.8) is 0 Å². The first kappa shape index (κ1) is 14.2. The van der Waals surface area contributed by atoms with E-state index in [0.29, 0.717) is 18.8 Å². The van der Waals surface area contributed by atoms with Gasteiger partial charge in [0.2, 0.25) is 0 Å². The smallest absolute Gasteiger partial charge is 0.270 e. The van der Waals surface area contributed by atoms with Gasteiger partial charge in [-0.05, 0) is 25.5 Å². The summed E-state index contributed by atoms with van der Waals surface area (Å²) in [5, 5.41) is 7.18. The molecule has 0 saturated heterocycles. The number of aromatic nitrogens is 3. The zero-order valence-corrected chi connectivity index (χ0v) is 12.0. The van der Waals surface area contributed by atoms with Gasteiger partial charge < -0.3 is 11.1 Å². The average Bonchev–Trinajstić information content (AvgIpc) is 2.70. The van der Waals surface area contributed by atoms with Crippen molar-refractivity contribution in [3.05, 3.63) is 46.5 Å². The second-order valence-electron chi connectivity index (χ2n) is 4.71. The van der Waals surface area contributed by atoms with Crippen molar-refractivity contribution < 1.29 is 4.79 Å². The zero-order valence-electron chi connectivity index (χ0n) is 12.0. The molecule has 1 amide bonds. The number of rotatable bonds is 4. The summed E-state index contributed by atoms with van der Waals surface area (Å²) >= 11 is 0. The van der Waals surface area contributed by atoms with Gasteiger partial charge in [0, 0.05) is 37.6 Å². The van der Waals surface area contributed by atoms with Crippen LogP contribution in [0.5, 0.6) is 0 Å². The first-order valence-corrected chi connectivity index (χ1v) is 6.45. The largest absolute Gasteiger partial charge is 0.346 e. The van der Waals surface area contributed by atoms with Crippen LogP contribution in [0.4, 0.5) is 0 Å². The number of aryl methyl sites for hydroxylation is 2. The van der Waals surface area contributed by atoms with Crippen LogP contribution >= 0.6 is 0 Å².